The molecular weight excluding hydrogens is 260 g/mol. The molecule has 5 heteroatoms. The first-order chi connectivity index (χ1) is 7.84. The van der Waals surface area contributed by atoms with E-state index in [-0.39, 0.29) is 0 Å². The molecule has 0 bridgehead atoms. The van der Waals surface area contributed by atoms with Gasteiger partial charge in [0.15, 0.2) is 9.84 Å². The van der Waals surface area contributed by atoms with Crippen LogP contribution in [-0.4, -0.2) is 25.0 Å². The monoisotopic (exact) mass is 274 g/mol. The van der Waals surface area contributed by atoms with E-state index in [2.05, 4.69) is 0 Å². The molecule has 1 N–H and O–H groups in total. The van der Waals surface area contributed by atoms with Crippen molar-refractivity contribution in [3.05, 3.63) is 34.9 Å². The Labute approximate surface area is 106 Å². The van der Waals surface area contributed by atoms with Crippen LogP contribution in [0, 0.1) is 0 Å². The zero-order chi connectivity index (χ0) is 12.7. The Bertz CT molecular complexity index is 526. The van der Waals surface area contributed by atoms with Crippen LogP contribution in [0.5, 0.6) is 0 Å². The maximum absolute atomic E-state index is 11.7. The number of hydrogen-bond donors (Lipinski definition) is 1. The number of halogens is 1. The number of hydrogen-bond acceptors (Lipinski definition) is 3. The van der Waals surface area contributed by atoms with Gasteiger partial charge in [0, 0.05) is 11.3 Å². The number of benzene rings is 1. The molecular formula is C12H15ClO3S. The maximum atomic E-state index is 11.7. The molecule has 1 aliphatic rings. The van der Waals surface area contributed by atoms with Crippen LogP contribution < -0.4 is 0 Å². The molecule has 17 heavy (non-hydrogen) atoms. The van der Waals surface area contributed by atoms with Crippen LogP contribution in [0.25, 0.3) is 0 Å². The van der Waals surface area contributed by atoms with Gasteiger partial charge >= 0.3 is 0 Å². The van der Waals surface area contributed by atoms with Crippen LogP contribution in [-0.2, 0) is 15.4 Å². The molecule has 1 saturated carbocycles. The summed E-state index contributed by atoms with van der Waals surface area (Å²) in [5.74, 6) is 0. The van der Waals surface area contributed by atoms with Crippen LogP contribution in [0.2, 0.25) is 5.02 Å². The van der Waals surface area contributed by atoms with Gasteiger partial charge in [-0.05, 0) is 37.0 Å². The van der Waals surface area contributed by atoms with Crippen LogP contribution in [0.1, 0.15) is 24.8 Å². The van der Waals surface area contributed by atoms with Crippen molar-refractivity contribution in [2.75, 3.05) is 6.26 Å². The predicted molar refractivity (Wildman–Crippen MR) is 67.8 cm³/mol. The third-order valence-electron chi connectivity index (χ3n) is 3.40. The Kier molecular flexibility index (Phi) is 3.23. The molecule has 0 radical (unpaired) electrons. The summed E-state index contributed by atoms with van der Waals surface area (Å²) in [6.07, 6.45) is 2.85. The van der Waals surface area contributed by atoms with Gasteiger partial charge in [0.2, 0.25) is 0 Å². The van der Waals surface area contributed by atoms with Crippen LogP contribution in [0.3, 0.4) is 0 Å². The van der Waals surface area contributed by atoms with Crippen LogP contribution in [0.4, 0.5) is 0 Å². The molecule has 0 spiro atoms. The van der Waals surface area contributed by atoms with Crippen molar-refractivity contribution in [3.8, 4) is 0 Å². The summed E-state index contributed by atoms with van der Waals surface area (Å²) < 4.78 is 23.4. The first-order valence-corrected chi connectivity index (χ1v) is 7.84. The third-order valence-corrected chi connectivity index (χ3v) is 5.29. The summed E-state index contributed by atoms with van der Waals surface area (Å²) in [4.78, 5) is 0. The highest BCUT2D eigenvalue weighted by Gasteiger charge is 2.47. The Morgan fingerprint density at radius 2 is 2.18 bits per heavy atom. The molecule has 1 fully saturated rings. The van der Waals surface area contributed by atoms with Gasteiger partial charge in [-0.25, -0.2) is 8.42 Å². The molecule has 1 aliphatic carbocycles. The van der Waals surface area contributed by atoms with E-state index in [0.29, 0.717) is 29.8 Å². The quantitative estimate of drug-likeness (QED) is 0.899. The molecule has 0 heterocycles. The van der Waals surface area contributed by atoms with E-state index < -0.39 is 20.7 Å². The molecule has 2 atom stereocenters. The summed E-state index contributed by atoms with van der Waals surface area (Å²) >= 11 is 5.89. The van der Waals surface area contributed by atoms with E-state index in [4.69, 9.17) is 11.6 Å². The smallest absolute Gasteiger partial charge is 0.153 e. The normalized spacial score (nSPS) is 29.5. The standard InChI is InChI=1S/C12H15ClO3S/c1-17(15,16)11-6-3-7-12(11,14)9-4-2-5-10(13)8-9/h2,4-5,8,11,14H,3,6-7H2,1H3. The van der Waals surface area contributed by atoms with Gasteiger partial charge in [-0.2, -0.15) is 0 Å². The van der Waals surface area contributed by atoms with Gasteiger partial charge in [-0.15, -0.1) is 0 Å². The third kappa shape index (κ3) is 2.34. The fraction of sp³-hybridized carbons (Fsp3) is 0.500. The average Bonchev–Trinajstić information content (AvgIpc) is 2.61. The predicted octanol–water partition coefficient (Wildman–Crippen LogP) is 2.12. The summed E-state index contributed by atoms with van der Waals surface area (Å²) in [5, 5.41) is 10.4. The lowest BCUT2D eigenvalue weighted by Gasteiger charge is -2.29. The average molecular weight is 275 g/mol. The van der Waals surface area contributed by atoms with E-state index in [1.807, 2.05) is 0 Å². The second-order valence-electron chi connectivity index (χ2n) is 4.65. The largest absolute Gasteiger partial charge is 0.384 e. The van der Waals surface area contributed by atoms with Gasteiger partial charge < -0.3 is 5.11 Å². The summed E-state index contributed by atoms with van der Waals surface area (Å²) in [6, 6.07) is 6.81. The maximum Gasteiger partial charge on any atom is 0.153 e. The minimum absolute atomic E-state index is 0.463. The highest BCUT2D eigenvalue weighted by atomic mass is 35.5. The minimum atomic E-state index is -3.26. The van der Waals surface area contributed by atoms with Crippen molar-refractivity contribution in [2.45, 2.75) is 30.1 Å². The van der Waals surface area contributed by atoms with Crippen molar-refractivity contribution in [2.24, 2.45) is 0 Å². The molecule has 0 aliphatic heterocycles. The van der Waals surface area contributed by atoms with Crippen molar-refractivity contribution in [1.29, 1.82) is 0 Å². The van der Waals surface area contributed by atoms with Gasteiger partial charge in [-0.3, -0.25) is 0 Å². The van der Waals surface area contributed by atoms with E-state index in [1.165, 1.54) is 6.26 Å². The molecule has 94 valence electrons. The first kappa shape index (κ1) is 12.9. The van der Waals surface area contributed by atoms with Crippen LogP contribution in [0.15, 0.2) is 24.3 Å². The lowest BCUT2D eigenvalue weighted by Crippen LogP contribution is -2.39. The first-order valence-electron chi connectivity index (χ1n) is 5.51. The topological polar surface area (TPSA) is 54.4 Å². The van der Waals surface area contributed by atoms with E-state index in [9.17, 15) is 13.5 Å². The second-order valence-corrected chi connectivity index (χ2v) is 7.31. The van der Waals surface area contributed by atoms with E-state index in [1.54, 1.807) is 24.3 Å². The molecule has 2 rings (SSSR count). The summed E-state index contributed by atoms with van der Waals surface area (Å²) in [7, 11) is -3.26. The Hall–Kier alpha value is -0.580. The molecule has 0 saturated heterocycles. The van der Waals surface area contributed by atoms with Gasteiger partial charge in [-0.1, -0.05) is 23.7 Å². The molecule has 2 unspecified atom stereocenters. The highest BCUT2D eigenvalue weighted by molar-refractivity contribution is 7.91. The van der Waals surface area contributed by atoms with Gasteiger partial charge in [0.1, 0.15) is 5.60 Å². The van der Waals surface area contributed by atoms with Crippen molar-refractivity contribution in [3.63, 3.8) is 0 Å². The number of aliphatic hydroxyl groups is 1. The SMILES string of the molecule is CS(=O)(=O)C1CCCC1(O)c1cccc(Cl)c1. The zero-order valence-corrected chi connectivity index (χ0v) is 11.1. The molecule has 1 aromatic rings. The highest BCUT2D eigenvalue weighted by Crippen LogP contribution is 2.42. The minimum Gasteiger partial charge on any atom is -0.384 e. The van der Waals surface area contributed by atoms with E-state index in [0.717, 1.165) is 0 Å². The Balaban J connectivity index is 2.48. The van der Waals surface area contributed by atoms with Gasteiger partial charge in [0.25, 0.3) is 0 Å². The van der Waals surface area contributed by atoms with Crippen molar-refractivity contribution >= 4 is 21.4 Å². The molecule has 0 amide bonds. The fourth-order valence-electron chi connectivity index (χ4n) is 2.61. The Morgan fingerprint density at radius 3 is 2.76 bits per heavy atom. The van der Waals surface area contributed by atoms with Crippen molar-refractivity contribution in [1.82, 2.24) is 0 Å². The second kappa shape index (κ2) is 4.26. The van der Waals surface area contributed by atoms with Crippen LogP contribution >= 0.6 is 11.6 Å². The summed E-state index contributed by atoms with van der Waals surface area (Å²) in [6.45, 7) is 0. The Morgan fingerprint density at radius 1 is 1.47 bits per heavy atom. The number of rotatable bonds is 2. The molecule has 3 nitrogen and oxygen atoms in total. The molecule has 0 aromatic heterocycles. The molecule has 1 aromatic carbocycles. The summed E-state index contributed by atoms with van der Waals surface area (Å²) in [5.41, 5.74) is -0.698. The lowest BCUT2D eigenvalue weighted by atomic mass is 9.92. The van der Waals surface area contributed by atoms with E-state index >= 15 is 0 Å². The van der Waals surface area contributed by atoms with Gasteiger partial charge in [0.05, 0.1) is 5.25 Å². The van der Waals surface area contributed by atoms with Crippen molar-refractivity contribution < 1.29 is 13.5 Å². The lowest BCUT2D eigenvalue weighted by molar-refractivity contribution is 0.0477. The fourth-order valence-corrected chi connectivity index (χ4v) is 4.36. The number of sulfone groups is 1. The zero-order valence-electron chi connectivity index (χ0n) is 9.56.